The third kappa shape index (κ3) is 4.85. The molecule has 0 bridgehead atoms. The van der Waals surface area contributed by atoms with Crippen molar-refractivity contribution in [1.82, 2.24) is 10.7 Å². The number of carbonyl (C=O) groups excluding carboxylic acids is 2. The zero-order valence-corrected chi connectivity index (χ0v) is 19.1. The van der Waals surface area contributed by atoms with Crippen molar-refractivity contribution in [2.75, 3.05) is 21.3 Å². The van der Waals surface area contributed by atoms with Crippen molar-refractivity contribution >= 4 is 18.0 Å². The fourth-order valence-corrected chi connectivity index (χ4v) is 3.83. The third-order valence-electron chi connectivity index (χ3n) is 5.62. The zero-order valence-electron chi connectivity index (χ0n) is 19.1. The van der Waals surface area contributed by atoms with E-state index in [1.807, 2.05) is 54.7 Å². The molecule has 3 aromatic rings. The summed E-state index contributed by atoms with van der Waals surface area (Å²) in [5.74, 6) is 1.37. The van der Waals surface area contributed by atoms with Crippen molar-refractivity contribution in [3.05, 3.63) is 89.5 Å². The number of methoxy groups -OCH3 is 3. The van der Waals surface area contributed by atoms with Crippen LogP contribution < -0.4 is 25.0 Å². The molecule has 8 nitrogen and oxygen atoms in total. The quantitative estimate of drug-likeness (QED) is 0.530. The molecule has 174 valence electrons. The lowest BCUT2D eigenvalue weighted by atomic mass is 9.99. The number of amides is 2. The molecule has 0 aliphatic carbocycles. The number of nitrogens with zero attached hydrogens (tertiary/aromatic N) is 1. The maximum atomic E-state index is 13.0. The Hall–Kier alpha value is -4.33. The minimum atomic E-state index is -0.829. The minimum absolute atomic E-state index is 0.318. The van der Waals surface area contributed by atoms with E-state index in [1.165, 1.54) is 0 Å². The maximum Gasteiger partial charge on any atom is 0.304 e. The number of hydrogen-bond acceptors (Lipinski definition) is 5. The Balaban J connectivity index is 1.68. The summed E-state index contributed by atoms with van der Waals surface area (Å²) in [6.07, 6.45) is 1.81. The molecule has 8 heteroatoms. The maximum absolute atomic E-state index is 13.0. The Morgan fingerprint density at radius 3 is 2.12 bits per heavy atom. The summed E-state index contributed by atoms with van der Waals surface area (Å²) >= 11 is 0. The number of hydrazine groups is 1. The van der Waals surface area contributed by atoms with Gasteiger partial charge in [-0.25, -0.2) is 0 Å². The first-order valence-electron chi connectivity index (χ1n) is 10.7. The van der Waals surface area contributed by atoms with Crippen LogP contribution in [-0.4, -0.2) is 50.1 Å². The molecule has 1 heterocycles. The van der Waals surface area contributed by atoms with Gasteiger partial charge in [0.15, 0.2) is 6.04 Å². The Bertz CT molecular complexity index is 1210. The SMILES string of the molecule is COc1ccc(C(=O)N[C@H]2C(=O)N/[N+](=C\c3cccc(OC)c3)[C@@H]2c2ccc(OC)cc2)cc1. The zero-order chi connectivity index (χ0) is 24.1. The standard InChI is InChI=1S/C26H25N3O5/c1-32-20-11-7-18(8-12-20)24-23(27-25(30)19-9-13-21(33-2)14-10-19)26(31)28-29(24)16-17-5-4-6-22(15-17)34-3/h4-16,23-24H,1-3H3,(H-,27,28,30,31)/p+1/b29-16-/t23-,24-/m1/s1. The van der Waals surface area contributed by atoms with Gasteiger partial charge >= 0.3 is 5.91 Å². The van der Waals surface area contributed by atoms with Crippen LogP contribution in [0, 0.1) is 0 Å². The molecule has 2 atom stereocenters. The Labute approximate surface area is 197 Å². The van der Waals surface area contributed by atoms with Gasteiger partial charge in [0, 0.05) is 16.7 Å². The molecule has 4 rings (SSSR count). The first kappa shape index (κ1) is 22.8. The minimum Gasteiger partial charge on any atom is -0.497 e. The third-order valence-corrected chi connectivity index (χ3v) is 5.62. The van der Waals surface area contributed by atoms with E-state index in [0.29, 0.717) is 22.8 Å². The number of ether oxygens (including phenoxy) is 3. The predicted octanol–water partition coefficient (Wildman–Crippen LogP) is 2.73. The smallest absolute Gasteiger partial charge is 0.304 e. The molecule has 2 N–H and O–H groups in total. The number of nitrogens with one attached hydrogen (secondary N) is 2. The Kier molecular flexibility index (Phi) is 6.77. The molecular formula is C26H26N3O5+. The van der Waals surface area contributed by atoms with Crippen LogP contribution in [0.4, 0.5) is 0 Å². The van der Waals surface area contributed by atoms with E-state index < -0.39 is 12.1 Å². The number of hydrogen-bond donors (Lipinski definition) is 2. The molecule has 0 radical (unpaired) electrons. The molecule has 1 aliphatic heterocycles. The van der Waals surface area contributed by atoms with Gasteiger partial charge in [-0.2, -0.15) is 0 Å². The molecule has 0 spiro atoms. The highest BCUT2D eigenvalue weighted by Crippen LogP contribution is 2.27. The van der Waals surface area contributed by atoms with E-state index in [9.17, 15) is 9.59 Å². The molecule has 1 saturated heterocycles. The van der Waals surface area contributed by atoms with Crippen molar-refractivity contribution in [2.24, 2.45) is 0 Å². The van der Waals surface area contributed by atoms with Crippen molar-refractivity contribution < 1.29 is 28.5 Å². The lowest BCUT2D eigenvalue weighted by Crippen LogP contribution is -2.42. The van der Waals surface area contributed by atoms with Crippen LogP contribution in [-0.2, 0) is 4.79 Å². The fourth-order valence-electron chi connectivity index (χ4n) is 3.83. The van der Waals surface area contributed by atoms with E-state index in [0.717, 1.165) is 11.1 Å². The molecule has 1 aliphatic rings. The summed E-state index contributed by atoms with van der Waals surface area (Å²) < 4.78 is 17.4. The van der Waals surface area contributed by atoms with E-state index >= 15 is 0 Å². The molecule has 0 aromatic heterocycles. The van der Waals surface area contributed by atoms with Crippen LogP contribution in [0.25, 0.3) is 0 Å². The van der Waals surface area contributed by atoms with Gasteiger partial charge in [-0.15, -0.1) is 10.1 Å². The van der Waals surface area contributed by atoms with Crippen molar-refractivity contribution in [3.63, 3.8) is 0 Å². The summed E-state index contributed by atoms with van der Waals surface area (Å²) in [6.45, 7) is 0. The van der Waals surface area contributed by atoms with E-state index in [-0.39, 0.29) is 11.8 Å². The number of rotatable bonds is 7. The number of benzene rings is 3. The van der Waals surface area contributed by atoms with Gasteiger partial charge in [0.05, 0.1) is 21.3 Å². The summed E-state index contributed by atoms with van der Waals surface area (Å²) in [6, 6.07) is 20.3. The van der Waals surface area contributed by atoms with Crippen LogP contribution >= 0.6 is 0 Å². The van der Waals surface area contributed by atoms with Crippen molar-refractivity contribution in [2.45, 2.75) is 12.1 Å². The van der Waals surface area contributed by atoms with Crippen LogP contribution in [0.5, 0.6) is 17.2 Å². The predicted molar refractivity (Wildman–Crippen MR) is 127 cm³/mol. The molecule has 2 amide bonds. The van der Waals surface area contributed by atoms with Gasteiger partial charge in [-0.05, 0) is 66.7 Å². The summed E-state index contributed by atoms with van der Waals surface area (Å²) in [5, 5.41) is 2.89. The van der Waals surface area contributed by atoms with Crippen molar-refractivity contribution in [3.8, 4) is 17.2 Å². The molecule has 34 heavy (non-hydrogen) atoms. The second kappa shape index (κ2) is 10.1. The van der Waals surface area contributed by atoms with E-state index in [2.05, 4.69) is 10.7 Å². The van der Waals surface area contributed by atoms with E-state index in [1.54, 1.807) is 50.3 Å². The van der Waals surface area contributed by atoms with Gasteiger partial charge in [-0.1, -0.05) is 6.07 Å². The van der Waals surface area contributed by atoms with Crippen LogP contribution in [0.3, 0.4) is 0 Å². The first-order valence-corrected chi connectivity index (χ1v) is 10.7. The Morgan fingerprint density at radius 2 is 1.50 bits per heavy atom. The second-order valence-corrected chi connectivity index (χ2v) is 7.69. The normalized spacial score (nSPS) is 18.3. The topological polar surface area (TPSA) is 88.9 Å². The van der Waals surface area contributed by atoms with Gasteiger partial charge in [0.25, 0.3) is 5.91 Å². The fraction of sp³-hybridized carbons (Fsp3) is 0.192. The van der Waals surface area contributed by atoms with Crippen LogP contribution in [0.1, 0.15) is 27.5 Å². The summed E-state index contributed by atoms with van der Waals surface area (Å²) in [4.78, 5) is 26.0. The van der Waals surface area contributed by atoms with E-state index in [4.69, 9.17) is 14.2 Å². The van der Waals surface area contributed by atoms with Gasteiger partial charge in [0.1, 0.15) is 17.2 Å². The molecule has 1 fully saturated rings. The highest BCUT2D eigenvalue weighted by Gasteiger charge is 2.47. The molecular weight excluding hydrogens is 434 g/mol. The monoisotopic (exact) mass is 460 g/mol. The first-order chi connectivity index (χ1) is 16.5. The van der Waals surface area contributed by atoms with Crippen LogP contribution in [0.2, 0.25) is 0 Å². The average molecular weight is 461 g/mol. The Morgan fingerprint density at radius 1 is 0.882 bits per heavy atom. The number of carbonyl (C=O) groups is 2. The molecule has 0 unspecified atom stereocenters. The van der Waals surface area contributed by atoms with Gasteiger partial charge in [0.2, 0.25) is 12.3 Å². The van der Waals surface area contributed by atoms with Gasteiger partial charge in [-0.3, -0.25) is 9.59 Å². The lowest BCUT2D eigenvalue weighted by molar-refractivity contribution is -0.596. The lowest BCUT2D eigenvalue weighted by Gasteiger charge is -2.15. The molecule has 0 saturated carbocycles. The summed E-state index contributed by atoms with van der Waals surface area (Å²) in [7, 11) is 4.75. The highest BCUT2D eigenvalue weighted by molar-refractivity contribution is 5.98. The van der Waals surface area contributed by atoms with Crippen molar-refractivity contribution in [1.29, 1.82) is 0 Å². The largest absolute Gasteiger partial charge is 0.497 e. The highest BCUT2D eigenvalue weighted by atomic mass is 16.5. The van der Waals surface area contributed by atoms with Gasteiger partial charge < -0.3 is 19.5 Å². The molecule has 3 aromatic carbocycles. The summed E-state index contributed by atoms with van der Waals surface area (Å²) in [5.41, 5.74) is 4.97. The number of hydrazone groups is 1. The average Bonchev–Trinajstić information content (AvgIpc) is 3.18. The van der Waals surface area contributed by atoms with Crippen LogP contribution in [0.15, 0.2) is 72.8 Å². The second-order valence-electron chi connectivity index (χ2n) is 7.69.